The van der Waals surface area contributed by atoms with Crippen molar-refractivity contribution in [1.82, 2.24) is 0 Å². The highest BCUT2D eigenvalue weighted by molar-refractivity contribution is 5.73. The highest BCUT2D eigenvalue weighted by Crippen LogP contribution is 2.24. The number of rotatable bonds is 6. The molecule has 0 spiro atoms. The van der Waals surface area contributed by atoms with Gasteiger partial charge in [-0.3, -0.25) is 4.79 Å². The second-order valence-corrected chi connectivity index (χ2v) is 6.06. The van der Waals surface area contributed by atoms with E-state index in [-0.39, 0.29) is 0 Å². The van der Waals surface area contributed by atoms with Crippen molar-refractivity contribution in [2.75, 3.05) is 18.5 Å². The fourth-order valence-corrected chi connectivity index (χ4v) is 2.17. The Hall–Kier alpha value is -1.51. The molecular formula is C16H25NO2. The van der Waals surface area contributed by atoms with Gasteiger partial charge in [0.05, 0.1) is 5.41 Å². The molecular weight excluding hydrogens is 238 g/mol. The predicted molar refractivity (Wildman–Crippen MR) is 79.8 cm³/mol. The van der Waals surface area contributed by atoms with Crippen LogP contribution in [0.1, 0.15) is 37.8 Å². The number of carboxylic acids is 1. The summed E-state index contributed by atoms with van der Waals surface area (Å²) < 4.78 is 0. The Morgan fingerprint density at radius 3 is 2.21 bits per heavy atom. The normalized spacial score (nSPS) is 11.4. The van der Waals surface area contributed by atoms with Gasteiger partial charge in [0.1, 0.15) is 0 Å². The van der Waals surface area contributed by atoms with Crippen molar-refractivity contribution in [3.63, 3.8) is 0 Å². The zero-order valence-corrected chi connectivity index (χ0v) is 12.7. The third-order valence-corrected chi connectivity index (χ3v) is 3.52. The topological polar surface area (TPSA) is 40.5 Å². The summed E-state index contributed by atoms with van der Waals surface area (Å²) in [6.45, 7) is 8.63. The van der Waals surface area contributed by atoms with E-state index >= 15 is 0 Å². The summed E-state index contributed by atoms with van der Waals surface area (Å²) in [5, 5.41) is 9.08. The van der Waals surface area contributed by atoms with Gasteiger partial charge in [-0.05, 0) is 63.8 Å². The minimum absolute atomic E-state index is 0.636. The first-order valence-corrected chi connectivity index (χ1v) is 6.75. The van der Waals surface area contributed by atoms with Gasteiger partial charge in [0.25, 0.3) is 0 Å². The maximum atomic E-state index is 11.0. The van der Waals surface area contributed by atoms with Gasteiger partial charge in [-0.2, -0.15) is 0 Å². The SMILES string of the molecule is Cc1cc(C)cc(N(C)CCCC(C)(C)C(=O)O)c1. The molecule has 0 aromatic heterocycles. The first-order valence-electron chi connectivity index (χ1n) is 6.75. The minimum Gasteiger partial charge on any atom is -0.481 e. The molecule has 3 heteroatoms. The summed E-state index contributed by atoms with van der Waals surface area (Å²) in [4.78, 5) is 13.2. The standard InChI is InChI=1S/C16H25NO2/c1-12-9-13(2)11-14(10-12)17(5)8-6-7-16(3,4)15(18)19/h9-11H,6-8H2,1-5H3,(H,18,19). The number of carbonyl (C=O) groups is 1. The van der Waals surface area contributed by atoms with E-state index < -0.39 is 11.4 Å². The Morgan fingerprint density at radius 2 is 1.74 bits per heavy atom. The Labute approximate surface area is 116 Å². The van der Waals surface area contributed by atoms with E-state index in [2.05, 4.69) is 44.0 Å². The van der Waals surface area contributed by atoms with Crippen LogP contribution in [0.5, 0.6) is 0 Å². The second kappa shape index (κ2) is 6.09. The van der Waals surface area contributed by atoms with Crippen molar-refractivity contribution in [2.24, 2.45) is 5.41 Å². The second-order valence-electron chi connectivity index (χ2n) is 6.06. The summed E-state index contributed by atoms with van der Waals surface area (Å²) >= 11 is 0. The van der Waals surface area contributed by atoms with Crippen LogP contribution < -0.4 is 4.90 Å². The van der Waals surface area contributed by atoms with E-state index in [1.165, 1.54) is 16.8 Å². The summed E-state index contributed by atoms with van der Waals surface area (Å²) in [6.07, 6.45) is 1.57. The van der Waals surface area contributed by atoms with Gasteiger partial charge < -0.3 is 10.0 Å². The quantitative estimate of drug-likeness (QED) is 0.852. The molecule has 1 N–H and O–H groups in total. The number of aliphatic carboxylic acids is 1. The Bertz CT molecular complexity index is 432. The van der Waals surface area contributed by atoms with Crippen LogP contribution in [0.2, 0.25) is 0 Å². The van der Waals surface area contributed by atoms with Gasteiger partial charge in [0.2, 0.25) is 0 Å². The molecule has 0 bridgehead atoms. The number of nitrogens with zero attached hydrogens (tertiary/aromatic N) is 1. The maximum absolute atomic E-state index is 11.0. The summed E-state index contributed by atoms with van der Waals surface area (Å²) in [5.74, 6) is -0.721. The summed E-state index contributed by atoms with van der Waals surface area (Å²) in [7, 11) is 2.06. The number of hydrogen-bond donors (Lipinski definition) is 1. The first kappa shape index (κ1) is 15.5. The number of carboxylic acid groups (broad SMARTS) is 1. The molecule has 19 heavy (non-hydrogen) atoms. The largest absolute Gasteiger partial charge is 0.481 e. The van der Waals surface area contributed by atoms with E-state index in [0.29, 0.717) is 6.42 Å². The lowest BCUT2D eigenvalue weighted by Crippen LogP contribution is -2.26. The van der Waals surface area contributed by atoms with Crippen molar-refractivity contribution in [3.05, 3.63) is 29.3 Å². The molecule has 0 heterocycles. The number of benzene rings is 1. The molecule has 0 aliphatic heterocycles. The van der Waals surface area contributed by atoms with Crippen molar-refractivity contribution in [1.29, 1.82) is 0 Å². The van der Waals surface area contributed by atoms with Crippen LogP contribution >= 0.6 is 0 Å². The maximum Gasteiger partial charge on any atom is 0.309 e. The molecule has 106 valence electrons. The molecule has 0 aliphatic carbocycles. The fraction of sp³-hybridized carbons (Fsp3) is 0.562. The van der Waals surface area contributed by atoms with Crippen LogP contribution in [0.3, 0.4) is 0 Å². The molecule has 0 radical (unpaired) electrons. The van der Waals surface area contributed by atoms with Crippen LogP contribution in [-0.2, 0) is 4.79 Å². The van der Waals surface area contributed by atoms with Crippen molar-refractivity contribution < 1.29 is 9.90 Å². The Morgan fingerprint density at radius 1 is 1.21 bits per heavy atom. The smallest absolute Gasteiger partial charge is 0.309 e. The number of aryl methyl sites for hydroxylation is 2. The van der Waals surface area contributed by atoms with Crippen LogP contribution in [-0.4, -0.2) is 24.7 Å². The molecule has 3 nitrogen and oxygen atoms in total. The third-order valence-electron chi connectivity index (χ3n) is 3.52. The van der Waals surface area contributed by atoms with Gasteiger partial charge in [-0.1, -0.05) is 6.07 Å². The Kier molecular flexibility index (Phi) is 4.98. The number of hydrogen-bond acceptors (Lipinski definition) is 2. The van der Waals surface area contributed by atoms with Crippen molar-refractivity contribution >= 4 is 11.7 Å². The molecule has 1 aromatic rings. The van der Waals surface area contributed by atoms with Crippen LogP contribution in [0.15, 0.2) is 18.2 Å². The van der Waals surface area contributed by atoms with Crippen LogP contribution in [0.4, 0.5) is 5.69 Å². The van der Waals surface area contributed by atoms with Gasteiger partial charge in [-0.25, -0.2) is 0 Å². The van der Waals surface area contributed by atoms with Crippen LogP contribution in [0, 0.1) is 19.3 Å². The van der Waals surface area contributed by atoms with Gasteiger partial charge >= 0.3 is 5.97 Å². The zero-order chi connectivity index (χ0) is 14.6. The zero-order valence-electron chi connectivity index (χ0n) is 12.7. The molecule has 0 fully saturated rings. The molecule has 0 aliphatic rings. The molecule has 0 saturated carbocycles. The number of anilines is 1. The molecule has 1 rings (SSSR count). The molecule has 1 aromatic carbocycles. The van der Waals surface area contributed by atoms with E-state index in [0.717, 1.165) is 13.0 Å². The van der Waals surface area contributed by atoms with E-state index in [9.17, 15) is 4.79 Å². The van der Waals surface area contributed by atoms with Crippen molar-refractivity contribution in [2.45, 2.75) is 40.5 Å². The minimum atomic E-state index is -0.721. The van der Waals surface area contributed by atoms with E-state index in [1.807, 2.05) is 0 Å². The van der Waals surface area contributed by atoms with E-state index in [4.69, 9.17) is 5.11 Å². The highest BCUT2D eigenvalue weighted by atomic mass is 16.4. The fourth-order valence-electron chi connectivity index (χ4n) is 2.17. The molecule has 0 amide bonds. The predicted octanol–water partition coefficient (Wildman–Crippen LogP) is 3.63. The lowest BCUT2D eigenvalue weighted by atomic mass is 9.88. The third kappa shape index (κ3) is 4.58. The molecule has 0 atom stereocenters. The lowest BCUT2D eigenvalue weighted by molar-refractivity contribution is -0.147. The highest BCUT2D eigenvalue weighted by Gasteiger charge is 2.26. The average molecular weight is 263 g/mol. The van der Waals surface area contributed by atoms with Gasteiger partial charge in [0, 0.05) is 19.3 Å². The summed E-state index contributed by atoms with van der Waals surface area (Å²) in [5.41, 5.74) is 3.08. The summed E-state index contributed by atoms with van der Waals surface area (Å²) in [6, 6.07) is 6.48. The van der Waals surface area contributed by atoms with Gasteiger partial charge in [-0.15, -0.1) is 0 Å². The molecule has 0 unspecified atom stereocenters. The first-order chi connectivity index (χ1) is 8.72. The van der Waals surface area contributed by atoms with Gasteiger partial charge in [0.15, 0.2) is 0 Å². The lowest BCUT2D eigenvalue weighted by Gasteiger charge is -2.23. The average Bonchev–Trinajstić information content (AvgIpc) is 2.27. The monoisotopic (exact) mass is 263 g/mol. The molecule has 0 saturated heterocycles. The van der Waals surface area contributed by atoms with Crippen molar-refractivity contribution in [3.8, 4) is 0 Å². The van der Waals surface area contributed by atoms with E-state index in [1.54, 1.807) is 13.8 Å². The Balaban J connectivity index is 2.56. The van der Waals surface area contributed by atoms with Crippen LogP contribution in [0.25, 0.3) is 0 Å².